The van der Waals surface area contributed by atoms with Gasteiger partial charge in [-0.2, -0.15) is 0 Å². The highest BCUT2D eigenvalue weighted by molar-refractivity contribution is 8.05. The average molecular weight is 136 g/mol. The third kappa shape index (κ3) is 1.61. The fourth-order valence-electron chi connectivity index (χ4n) is 0.203. The molecule has 0 heterocycles. The topological polar surface area (TPSA) is 51.2 Å². The van der Waals surface area contributed by atoms with E-state index in [1.54, 1.807) is 0 Å². The van der Waals surface area contributed by atoms with E-state index in [1.165, 1.54) is 6.92 Å². The summed E-state index contributed by atoms with van der Waals surface area (Å²) < 4.78 is 20.7. The summed E-state index contributed by atoms with van der Waals surface area (Å²) in [6.07, 6.45) is 0. The lowest BCUT2D eigenvalue weighted by molar-refractivity contribution is -0.109. The molecule has 0 aromatic heterocycles. The van der Waals surface area contributed by atoms with Crippen molar-refractivity contribution in [1.82, 2.24) is 0 Å². The molecule has 0 bridgehead atoms. The first-order chi connectivity index (χ1) is 3.50. The van der Waals surface area contributed by atoms with Crippen molar-refractivity contribution in [2.45, 2.75) is 13.8 Å². The second kappa shape index (κ2) is 2.26. The maximum atomic E-state index is 10.3. The molecule has 48 valence electrons. The first kappa shape index (κ1) is 7.62. The maximum absolute atomic E-state index is 10.3. The SMILES string of the molecule is CCS(=O)(=O)C(C)=O. The van der Waals surface area contributed by atoms with Gasteiger partial charge in [-0.1, -0.05) is 6.92 Å². The van der Waals surface area contributed by atoms with Crippen LogP contribution in [0.1, 0.15) is 13.8 Å². The Kier molecular flexibility index (Phi) is 2.15. The summed E-state index contributed by atoms with van der Waals surface area (Å²) >= 11 is 0. The van der Waals surface area contributed by atoms with Gasteiger partial charge in [0.05, 0.1) is 5.75 Å². The molecular formula is C4H8O3S. The molecule has 0 N–H and O–H groups in total. The molecule has 0 fully saturated rings. The van der Waals surface area contributed by atoms with Crippen LogP contribution in [0.4, 0.5) is 0 Å². The number of carbonyl (C=O) groups excluding carboxylic acids is 1. The van der Waals surface area contributed by atoms with Crippen LogP contribution in [0.15, 0.2) is 0 Å². The van der Waals surface area contributed by atoms with Gasteiger partial charge in [-0.05, 0) is 0 Å². The van der Waals surface area contributed by atoms with Crippen LogP contribution in [-0.4, -0.2) is 19.3 Å². The van der Waals surface area contributed by atoms with Crippen molar-refractivity contribution >= 4 is 15.0 Å². The Labute approximate surface area is 48.6 Å². The molecule has 0 saturated carbocycles. The molecule has 3 nitrogen and oxygen atoms in total. The minimum atomic E-state index is -3.37. The molecule has 0 aliphatic heterocycles. The number of carbonyl (C=O) groups is 1. The van der Waals surface area contributed by atoms with Gasteiger partial charge in [0.1, 0.15) is 0 Å². The molecular weight excluding hydrogens is 128 g/mol. The zero-order valence-corrected chi connectivity index (χ0v) is 5.66. The maximum Gasteiger partial charge on any atom is 0.243 e. The quantitative estimate of drug-likeness (QED) is 0.508. The Morgan fingerprint density at radius 1 is 1.50 bits per heavy atom. The molecule has 0 aliphatic rings. The molecule has 0 rings (SSSR count). The predicted octanol–water partition coefficient (Wildman–Crippen LogP) is -0.0324. The largest absolute Gasteiger partial charge is 0.282 e. The third-order valence-corrected chi connectivity index (χ3v) is 2.45. The zero-order chi connectivity index (χ0) is 6.78. The molecule has 0 radical (unpaired) electrons. The summed E-state index contributed by atoms with van der Waals surface area (Å²) in [5.41, 5.74) is 0. The normalized spacial score (nSPS) is 11.2. The fourth-order valence-corrected chi connectivity index (χ4v) is 0.610. The van der Waals surface area contributed by atoms with E-state index in [1.807, 2.05) is 0 Å². The summed E-state index contributed by atoms with van der Waals surface area (Å²) in [5, 5.41) is -0.750. The van der Waals surface area contributed by atoms with Gasteiger partial charge in [0, 0.05) is 6.92 Å². The standard InChI is InChI=1S/C4H8O3S/c1-3-8(6,7)4(2)5/h3H2,1-2H3. The lowest BCUT2D eigenvalue weighted by Crippen LogP contribution is -2.12. The molecule has 0 amide bonds. The van der Waals surface area contributed by atoms with E-state index in [2.05, 4.69) is 0 Å². The minimum absolute atomic E-state index is 0.0949. The van der Waals surface area contributed by atoms with Crippen molar-refractivity contribution in [3.05, 3.63) is 0 Å². The van der Waals surface area contributed by atoms with Crippen molar-refractivity contribution in [3.63, 3.8) is 0 Å². The molecule has 0 aliphatic carbocycles. The highest BCUT2D eigenvalue weighted by Gasteiger charge is 2.11. The van der Waals surface area contributed by atoms with Crippen LogP contribution in [0.2, 0.25) is 0 Å². The van der Waals surface area contributed by atoms with Crippen molar-refractivity contribution in [1.29, 1.82) is 0 Å². The van der Waals surface area contributed by atoms with Crippen LogP contribution < -0.4 is 0 Å². The Bertz CT molecular complexity index is 177. The van der Waals surface area contributed by atoms with Crippen LogP contribution in [0.25, 0.3) is 0 Å². The second-order valence-corrected chi connectivity index (χ2v) is 3.78. The van der Waals surface area contributed by atoms with E-state index in [-0.39, 0.29) is 5.75 Å². The summed E-state index contributed by atoms with van der Waals surface area (Å²) in [6.45, 7) is 2.50. The van der Waals surface area contributed by atoms with Crippen LogP contribution in [0.3, 0.4) is 0 Å². The van der Waals surface area contributed by atoms with E-state index >= 15 is 0 Å². The van der Waals surface area contributed by atoms with Crippen molar-refractivity contribution < 1.29 is 13.2 Å². The predicted molar refractivity (Wildman–Crippen MR) is 30.1 cm³/mol. The van der Waals surface area contributed by atoms with E-state index in [9.17, 15) is 13.2 Å². The van der Waals surface area contributed by atoms with Gasteiger partial charge in [-0.25, -0.2) is 8.42 Å². The number of rotatable bonds is 1. The van der Waals surface area contributed by atoms with Crippen LogP contribution >= 0.6 is 0 Å². The van der Waals surface area contributed by atoms with Crippen molar-refractivity contribution in [3.8, 4) is 0 Å². The molecule has 8 heavy (non-hydrogen) atoms. The van der Waals surface area contributed by atoms with Gasteiger partial charge in [0.15, 0.2) is 0 Å². The Morgan fingerprint density at radius 3 is 1.88 bits per heavy atom. The van der Waals surface area contributed by atoms with Gasteiger partial charge in [-0.3, -0.25) is 4.79 Å². The number of hydrogen-bond acceptors (Lipinski definition) is 3. The average Bonchev–Trinajstić information content (AvgIpc) is 1.67. The van der Waals surface area contributed by atoms with Crippen LogP contribution in [0.5, 0.6) is 0 Å². The first-order valence-corrected chi connectivity index (χ1v) is 3.89. The van der Waals surface area contributed by atoms with E-state index in [0.717, 1.165) is 6.92 Å². The van der Waals surface area contributed by atoms with Crippen molar-refractivity contribution in [2.24, 2.45) is 0 Å². The smallest absolute Gasteiger partial charge is 0.243 e. The highest BCUT2D eigenvalue weighted by atomic mass is 32.2. The van der Waals surface area contributed by atoms with Gasteiger partial charge in [-0.15, -0.1) is 0 Å². The second-order valence-electron chi connectivity index (χ2n) is 1.40. The first-order valence-electron chi connectivity index (χ1n) is 2.24. The molecule has 0 saturated heterocycles. The van der Waals surface area contributed by atoms with Gasteiger partial charge in [0.25, 0.3) is 0 Å². The van der Waals surface area contributed by atoms with E-state index in [0.29, 0.717) is 0 Å². The molecule has 0 unspecified atom stereocenters. The molecule has 0 aromatic rings. The minimum Gasteiger partial charge on any atom is -0.282 e. The van der Waals surface area contributed by atoms with E-state index in [4.69, 9.17) is 0 Å². The fraction of sp³-hybridized carbons (Fsp3) is 0.750. The summed E-state index contributed by atoms with van der Waals surface area (Å²) in [6, 6.07) is 0. The van der Waals surface area contributed by atoms with Gasteiger partial charge in [0.2, 0.25) is 15.0 Å². The molecule has 0 spiro atoms. The monoisotopic (exact) mass is 136 g/mol. The summed E-state index contributed by atoms with van der Waals surface area (Å²) in [7, 11) is -3.37. The molecule has 0 aromatic carbocycles. The lowest BCUT2D eigenvalue weighted by Gasteiger charge is -1.88. The van der Waals surface area contributed by atoms with E-state index < -0.39 is 15.0 Å². The van der Waals surface area contributed by atoms with Crippen molar-refractivity contribution in [2.75, 3.05) is 5.75 Å². The van der Waals surface area contributed by atoms with Crippen LogP contribution in [-0.2, 0) is 14.6 Å². The summed E-state index contributed by atoms with van der Waals surface area (Å²) in [5.74, 6) is -0.0949. The summed E-state index contributed by atoms with van der Waals surface area (Å²) in [4.78, 5) is 10.1. The van der Waals surface area contributed by atoms with Gasteiger partial charge >= 0.3 is 0 Å². The number of sulfone groups is 1. The Balaban J connectivity index is 4.42. The number of hydrogen-bond donors (Lipinski definition) is 0. The highest BCUT2D eigenvalue weighted by Crippen LogP contribution is 1.88. The molecule has 0 atom stereocenters. The molecule has 4 heteroatoms. The Morgan fingerprint density at radius 2 is 1.88 bits per heavy atom. The lowest BCUT2D eigenvalue weighted by atomic mass is 10.9. The zero-order valence-electron chi connectivity index (χ0n) is 4.84. The van der Waals surface area contributed by atoms with Crippen LogP contribution in [0, 0.1) is 0 Å². The third-order valence-electron chi connectivity index (χ3n) is 0.818. The van der Waals surface area contributed by atoms with Gasteiger partial charge < -0.3 is 0 Å². The Hall–Kier alpha value is -0.380.